The molecule has 0 spiro atoms. The third-order valence-corrected chi connectivity index (χ3v) is 1.51. The fourth-order valence-electron chi connectivity index (χ4n) is 0.849. The monoisotopic (exact) mass is 338 g/mol. The summed E-state index contributed by atoms with van der Waals surface area (Å²) < 4.78 is 109. The summed E-state index contributed by atoms with van der Waals surface area (Å²) in [7, 11) is 0. The summed E-state index contributed by atoms with van der Waals surface area (Å²) in [4.78, 5) is 0. The van der Waals surface area contributed by atoms with Crippen molar-refractivity contribution in [1.82, 2.24) is 0 Å². The molecule has 0 saturated carbocycles. The molecule has 0 aromatic carbocycles. The van der Waals surface area contributed by atoms with Crippen molar-refractivity contribution in [2.24, 2.45) is 0 Å². The summed E-state index contributed by atoms with van der Waals surface area (Å²) in [6, 6.07) is 0. The molecule has 0 aromatic heterocycles. The lowest BCUT2D eigenvalue weighted by Gasteiger charge is -2.24. The first-order valence-corrected chi connectivity index (χ1v) is 4.95. The SMILES string of the molecule is OCC(F)(F)OC(F)(F)COCC(F)(F)OC(F)(F)CO. The number of hydrogen-bond donors (Lipinski definition) is 2. The molecule has 13 heteroatoms. The predicted octanol–water partition coefficient (Wildman–Crippen LogP) is 1.39. The Morgan fingerprint density at radius 3 is 1.10 bits per heavy atom. The van der Waals surface area contributed by atoms with Gasteiger partial charge < -0.3 is 14.9 Å². The van der Waals surface area contributed by atoms with Crippen molar-refractivity contribution in [1.29, 1.82) is 0 Å². The van der Waals surface area contributed by atoms with Gasteiger partial charge in [-0.05, 0) is 0 Å². The van der Waals surface area contributed by atoms with E-state index in [1.165, 1.54) is 0 Å². The summed E-state index contributed by atoms with van der Waals surface area (Å²) in [6.07, 6.45) is -18.9. The van der Waals surface area contributed by atoms with E-state index in [2.05, 4.69) is 14.2 Å². The van der Waals surface area contributed by atoms with Crippen molar-refractivity contribution in [3.8, 4) is 0 Å². The van der Waals surface area contributed by atoms with Crippen LogP contribution >= 0.6 is 0 Å². The largest absolute Gasteiger partial charge is 0.387 e. The lowest BCUT2D eigenvalue weighted by molar-refractivity contribution is -0.408. The van der Waals surface area contributed by atoms with Crippen LogP contribution in [0.2, 0.25) is 0 Å². The van der Waals surface area contributed by atoms with Crippen LogP contribution in [0.4, 0.5) is 35.1 Å². The Labute approximate surface area is 112 Å². The number of halogens is 8. The Hall–Kier alpha value is -0.760. The zero-order chi connectivity index (χ0) is 16.9. The normalized spacial score (nSPS) is 14.6. The molecule has 0 aliphatic carbocycles. The van der Waals surface area contributed by atoms with Gasteiger partial charge in [-0.1, -0.05) is 0 Å². The number of alkyl halides is 8. The number of hydrogen-bond acceptors (Lipinski definition) is 5. The van der Waals surface area contributed by atoms with E-state index in [-0.39, 0.29) is 0 Å². The Balaban J connectivity index is 4.34. The van der Waals surface area contributed by atoms with E-state index >= 15 is 0 Å². The summed E-state index contributed by atoms with van der Waals surface area (Å²) in [5.41, 5.74) is 0. The molecule has 0 saturated heterocycles. The molecule has 0 radical (unpaired) electrons. The van der Waals surface area contributed by atoms with Crippen molar-refractivity contribution in [2.45, 2.75) is 24.4 Å². The molecule has 0 heterocycles. The lowest BCUT2D eigenvalue weighted by atomic mass is 10.5. The van der Waals surface area contributed by atoms with Crippen LogP contribution in [0.25, 0.3) is 0 Å². The lowest BCUT2D eigenvalue weighted by Crippen LogP contribution is -2.42. The van der Waals surface area contributed by atoms with Crippen LogP contribution in [0, 0.1) is 0 Å². The molecule has 0 fully saturated rings. The van der Waals surface area contributed by atoms with Crippen LogP contribution in [0.5, 0.6) is 0 Å². The highest BCUT2D eigenvalue weighted by molar-refractivity contribution is 4.61. The van der Waals surface area contributed by atoms with Gasteiger partial charge in [-0.2, -0.15) is 35.1 Å². The van der Waals surface area contributed by atoms with Gasteiger partial charge in [0.1, 0.15) is 26.4 Å². The maximum absolute atomic E-state index is 12.7. The van der Waals surface area contributed by atoms with Crippen molar-refractivity contribution in [3.63, 3.8) is 0 Å². The molecule has 0 rings (SSSR count). The van der Waals surface area contributed by atoms with E-state index in [0.29, 0.717) is 0 Å². The van der Waals surface area contributed by atoms with E-state index in [1.807, 2.05) is 0 Å². The summed E-state index contributed by atoms with van der Waals surface area (Å²) in [5.74, 6) is 0. The number of ether oxygens (including phenoxy) is 3. The summed E-state index contributed by atoms with van der Waals surface area (Å²) >= 11 is 0. The predicted molar refractivity (Wildman–Crippen MR) is 46.9 cm³/mol. The minimum Gasteiger partial charge on any atom is -0.387 e. The highest BCUT2D eigenvalue weighted by atomic mass is 19.3. The Bertz CT molecular complexity index is 294. The van der Waals surface area contributed by atoms with E-state index in [4.69, 9.17) is 10.2 Å². The number of aliphatic hydroxyl groups excluding tert-OH is 2. The third-order valence-electron chi connectivity index (χ3n) is 1.51. The maximum atomic E-state index is 12.7. The number of aliphatic hydroxyl groups is 2. The molecule has 0 atom stereocenters. The van der Waals surface area contributed by atoms with Crippen LogP contribution in [0.15, 0.2) is 0 Å². The topological polar surface area (TPSA) is 68.2 Å². The molecule has 0 bridgehead atoms. The Kier molecular flexibility index (Phi) is 6.75. The molecule has 0 aliphatic rings. The highest BCUT2D eigenvalue weighted by Crippen LogP contribution is 2.29. The fraction of sp³-hybridized carbons (Fsp3) is 1.00. The van der Waals surface area contributed by atoms with E-state index in [9.17, 15) is 35.1 Å². The summed E-state index contributed by atoms with van der Waals surface area (Å²) in [5, 5.41) is 15.9. The number of rotatable bonds is 10. The van der Waals surface area contributed by atoms with Gasteiger partial charge in [0.05, 0.1) is 0 Å². The van der Waals surface area contributed by atoms with Gasteiger partial charge in [0.15, 0.2) is 0 Å². The smallest absolute Gasteiger partial charge is 0.383 e. The molecule has 5 nitrogen and oxygen atoms in total. The average Bonchev–Trinajstić information content (AvgIpc) is 2.25. The highest BCUT2D eigenvalue weighted by Gasteiger charge is 2.47. The van der Waals surface area contributed by atoms with Crippen molar-refractivity contribution in [3.05, 3.63) is 0 Å². The Morgan fingerprint density at radius 1 is 0.571 bits per heavy atom. The van der Waals surface area contributed by atoms with Crippen molar-refractivity contribution < 1.29 is 59.5 Å². The molecule has 0 unspecified atom stereocenters. The Morgan fingerprint density at radius 2 is 0.857 bits per heavy atom. The first-order chi connectivity index (χ1) is 9.24. The first-order valence-electron chi connectivity index (χ1n) is 4.95. The molecule has 21 heavy (non-hydrogen) atoms. The van der Waals surface area contributed by atoms with Gasteiger partial charge in [-0.15, -0.1) is 0 Å². The zero-order valence-electron chi connectivity index (χ0n) is 9.97. The second kappa shape index (κ2) is 7.00. The summed E-state index contributed by atoms with van der Waals surface area (Å²) in [6.45, 7) is -8.51. The molecule has 0 amide bonds. The molecular weight excluding hydrogens is 328 g/mol. The fourth-order valence-corrected chi connectivity index (χ4v) is 0.849. The average molecular weight is 338 g/mol. The molecule has 0 aliphatic heterocycles. The van der Waals surface area contributed by atoms with Crippen LogP contribution in [-0.2, 0) is 14.2 Å². The molecule has 2 N–H and O–H groups in total. The quantitative estimate of drug-likeness (QED) is 0.590. The van der Waals surface area contributed by atoms with Crippen LogP contribution < -0.4 is 0 Å². The van der Waals surface area contributed by atoms with Gasteiger partial charge in [0, 0.05) is 0 Å². The third kappa shape index (κ3) is 8.98. The molecule has 0 aromatic rings. The van der Waals surface area contributed by atoms with Crippen molar-refractivity contribution in [2.75, 3.05) is 26.4 Å². The van der Waals surface area contributed by atoms with Gasteiger partial charge in [0.25, 0.3) is 0 Å². The van der Waals surface area contributed by atoms with E-state index in [1.54, 1.807) is 0 Å². The van der Waals surface area contributed by atoms with E-state index < -0.39 is 50.9 Å². The minimum atomic E-state index is -4.78. The minimum absolute atomic E-state index is 2.11. The molecular formula is C8H10F8O5. The maximum Gasteiger partial charge on any atom is 0.383 e. The van der Waals surface area contributed by atoms with Gasteiger partial charge in [-0.25, -0.2) is 0 Å². The van der Waals surface area contributed by atoms with E-state index in [0.717, 1.165) is 0 Å². The van der Waals surface area contributed by atoms with Gasteiger partial charge in [-0.3, -0.25) is 9.47 Å². The van der Waals surface area contributed by atoms with Gasteiger partial charge in [0.2, 0.25) is 0 Å². The van der Waals surface area contributed by atoms with Crippen molar-refractivity contribution >= 4 is 0 Å². The standard InChI is InChI=1S/C8H10F8O5/c9-5(10,1-17)20-7(13,14)3-19-4-8(15,16)21-6(11,12)2-18/h17-18H,1-4H2. The second-order valence-electron chi connectivity index (χ2n) is 3.56. The van der Waals surface area contributed by atoms with Gasteiger partial charge >= 0.3 is 24.4 Å². The van der Waals surface area contributed by atoms with Crippen LogP contribution in [0.3, 0.4) is 0 Å². The first kappa shape index (κ1) is 20.2. The second-order valence-corrected chi connectivity index (χ2v) is 3.56. The zero-order valence-corrected chi connectivity index (χ0v) is 9.97. The molecule has 128 valence electrons. The van der Waals surface area contributed by atoms with Crippen LogP contribution in [-0.4, -0.2) is 61.1 Å². The van der Waals surface area contributed by atoms with Crippen LogP contribution in [0.1, 0.15) is 0 Å².